The van der Waals surface area contributed by atoms with Crippen LogP contribution in [0.2, 0.25) is 0 Å². The van der Waals surface area contributed by atoms with Crippen LogP contribution in [-0.4, -0.2) is 24.0 Å². The van der Waals surface area contributed by atoms with Crippen molar-refractivity contribution in [3.05, 3.63) is 71.8 Å². The molecule has 0 N–H and O–H groups in total. The maximum atomic E-state index is 12.2. The molecule has 1 heterocycles. The van der Waals surface area contributed by atoms with Crippen LogP contribution in [0.4, 0.5) is 0 Å². The molecule has 0 saturated carbocycles. The van der Waals surface area contributed by atoms with Crippen LogP contribution < -0.4 is 0 Å². The van der Waals surface area contributed by atoms with E-state index in [9.17, 15) is 4.79 Å². The summed E-state index contributed by atoms with van der Waals surface area (Å²) in [6, 6.07) is 20.3. The Kier molecular flexibility index (Phi) is 5.43. The Morgan fingerprint density at radius 3 is 2.09 bits per heavy atom. The molecule has 0 aliphatic carbocycles. The molecule has 1 fully saturated rings. The summed E-state index contributed by atoms with van der Waals surface area (Å²) in [6.45, 7) is 3.26. The number of hydrogen-bond donors (Lipinski definition) is 0. The highest BCUT2D eigenvalue weighted by atomic mass is 16.5. The lowest BCUT2D eigenvalue weighted by Gasteiger charge is -2.30. The van der Waals surface area contributed by atoms with Gasteiger partial charge in [0.25, 0.3) is 0 Å². The van der Waals surface area contributed by atoms with Crippen LogP contribution in [0.15, 0.2) is 60.7 Å². The zero-order chi connectivity index (χ0) is 15.9. The molecule has 2 aromatic carbocycles. The topological polar surface area (TPSA) is 29.5 Å². The average Bonchev–Trinajstić information content (AvgIpc) is 2.62. The molecule has 0 radical (unpaired) electrons. The third-order valence-corrected chi connectivity index (χ3v) is 4.39. The monoisotopic (exact) mass is 309 g/mol. The summed E-state index contributed by atoms with van der Waals surface area (Å²) in [5, 5.41) is 0. The van der Waals surface area contributed by atoms with Gasteiger partial charge in [0.05, 0.1) is 5.92 Å². The van der Waals surface area contributed by atoms with Gasteiger partial charge in [-0.25, -0.2) is 0 Å². The number of carbonyl (C=O) groups excluding carboxylic acids is 1. The lowest BCUT2D eigenvalue weighted by atomic mass is 9.96. The van der Waals surface area contributed by atoms with Gasteiger partial charge < -0.3 is 4.74 Å². The van der Waals surface area contributed by atoms with Crippen LogP contribution in [-0.2, 0) is 22.7 Å². The van der Waals surface area contributed by atoms with Crippen molar-refractivity contribution in [2.24, 2.45) is 5.92 Å². The minimum atomic E-state index is -0.0479. The molecule has 0 unspecified atom stereocenters. The molecule has 23 heavy (non-hydrogen) atoms. The molecule has 3 heteroatoms. The minimum absolute atomic E-state index is 0.0470. The van der Waals surface area contributed by atoms with Gasteiger partial charge in [-0.1, -0.05) is 60.7 Å². The van der Waals surface area contributed by atoms with E-state index >= 15 is 0 Å². The molecule has 0 spiro atoms. The van der Waals surface area contributed by atoms with Gasteiger partial charge >= 0.3 is 5.97 Å². The first kappa shape index (κ1) is 15.8. The van der Waals surface area contributed by atoms with Crippen molar-refractivity contribution >= 4 is 5.97 Å². The molecule has 1 aliphatic rings. The third-order valence-electron chi connectivity index (χ3n) is 4.39. The van der Waals surface area contributed by atoms with Gasteiger partial charge in [-0.05, 0) is 37.1 Å². The highest BCUT2D eigenvalue weighted by Crippen LogP contribution is 2.20. The van der Waals surface area contributed by atoms with E-state index < -0.39 is 0 Å². The first-order valence-corrected chi connectivity index (χ1v) is 8.28. The van der Waals surface area contributed by atoms with Crippen molar-refractivity contribution in [2.45, 2.75) is 26.0 Å². The number of carbonyl (C=O) groups is 1. The van der Waals surface area contributed by atoms with E-state index in [1.165, 1.54) is 5.56 Å². The Morgan fingerprint density at radius 2 is 1.48 bits per heavy atom. The Morgan fingerprint density at radius 1 is 0.913 bits per heavy atom. The van der Waals surface area contributed by atoms with E-state index in [-0.39, 0.29) is 11.9 Å². The Hall–Kier alpha value is -2.13. The number of piperidine rings is 1. The van der Waals surface area contributed by atoms with E-state index in [0.717, 1.165) is 38.0 Å². The van der Waals surface area contributed by atoms with Crippen molar-refractivity contribution in [1.29, 1.82) is 0 Å². The van der Waals surface area contributed by atoms with Gasteiger partial charge in [0, 0.05) is 6.54 Å². The van der Waals surface area contributed by atoms with Crippen molar-refractivity contribution < 1.29 is 9.53 Å². The molecular formula is C20H23NO2. The maximum Gasteiger partial charge on any atom is 0.309 e. The molecule has 1 aliphatic heterocycles. The smallest absolute Gasteiger partial charge is 0.309 e. The standard InChI is InChI=1S/C20H23NO2/c22-20(23-16-18-9-5-2-6-10-18)19-11-13-21(14-12-19)15-17-7-3-1-4-8-17/h1-10,19H,11-16H2. The van der Waals surface area contributed by atoms with E-state index in [1.807, 2.05) is 36.4 Å². The van der Waals surface area contributed by atoms with Crippen LogP contribution in [0, 0.1) is 5.92 Å². The summed E-state index contributed by atoms with van der Waals surface area (Å²) in [5.41, 5.74) is 2.37. The van der Waals surface area contributed by atoms with Gasteiger partial charge in [-0.3, -0.25) is 9.69 Å². The van der Waals surface area contributed by atoms with Gasteiger partial charge in [0.1, 0.15) is 6.61 Å². The zero-order valence-electron chi connectivity index (χ0n) is 13.4. The van der Waals surface area contributed by atoms with Gasteiger partial charge in [0.15, 0.2) is 0 Å². The SMILES string of the molecule is O=C(OCc1ccccc1)C1CCN(Cc2ccccc2)CC1. The normalized spacial score (nSPS) is 16.2. The fraction of sp³-hybridized carbons (Fsp3) is 0.350. The molecule has 3 rings (SSSR count). The molecule has 0 aromatic heterocycles. The average molecular weight is 309 g/mol. The van der Waals surface area contributed by atoms with Crippen LogP contribution in [0.25, 0.3) is 0 Å². The highest BCUT2D eigenvalue weighted by Gasteiger charge is 2.26. The van der Waals surface area contributed by atoms with E-state index in [1.54, 1.807) is 0 Å². The molecule has 1 saturated heterocycles. The van der Waals surface area contributed by atoms with Crippen LogP contribution in [0.3, 0.4) is 0 Å². The summed E-state index contributed by atoms with van der Waals surface area (Å²) < 4.78 is 5.46. The van der Waals surface area contributed by atoms with E-state index in [0.29, 0.717) is 6.61 Å². The molecular weight excluding hydrogens is 286 g/mol. The quantitative estimate of drug-likeness (QED) is 0.790. The number of hydrogen-bond acceptors (Lipinski definition) is 3. The lowest BCUT2D eigenvalue weighted by molar-refractivity contribution is -0.151. The summed E-state index contributed by atoms with van der Waals surface area (Å²) >= 11 is 0. The number of ether oxygens (including phenoxy) is 1. The van der Waals surface area contributed by atoms with Crippen LogP contribution >= 0.6 is 0 Å². The second kappa shape index (κ2) is 7.93. The fourth-order valence-electron chi connectivity index (χ4n) is 3.01. The predicted octanol–water partition coefficient (Wildman–Crippen LogP) is 3.64. The first-order chi connectivity index (χ1) is 11.3. The Bertz CT molecular complexity index is 604. The second-order valence-corrected chi connectivity index (χ2v) is 6.13. The fourth-order valence-corrected chi connectivity index (χ4v) is 3.01. The largest absolute Gasteiger partial charge is 0.461 e. The van der Waals surface area contributed by atoms with Gasteiger partial charge in [-0.2, -0.15) is 0 Å². The number of nitrogens with zero attached hydrogens (tertiary/aromatic N) is 1. The second-order valence-electron chi connectivity index (χ2n) is 6.13. The molecule has 2 aromatic rings. The first-order valence-electron chi connectivity index (χ1n) is 8.28. The van der Waals surface area contributed by atoms with Crippen LogP contribution in [0.1, 0.15) is 24.0 Å². The van der Waals surface area contributed by atoms with Gasteiger partial charge in [0.2, 0.25) is 0 Å². The molecule has 0 atom stereocenters. The lowest BCUT2D eigenvalue weighted by Crippen LogP contribution is -2.36. The van der Waals surface area contributed by atoms with E-state index in [2.05, 4.69) is 29.2 Å². The van der Waals surface area contributed by atoms with Crippen molar-refractivity contribution in [2.75, 3.05) is 13.1 Å². The number of benzene rings is 2. The molecule has 120 valence electrons. The van der Waals surface area contributed by atoms with Crippen molar-refractivity contribution in [3.8, 4) is 0 Å². The summed E-state index contributed by atoms with van der Waals surface area (Å²) in [4.78, 5) is 14.6. The summed E-state index contributed by atoms with van der Waals surface area (Å²) in [7, 11) is 0. The van der Waals surface area contributed by atoms with Crippen molar-refractivity contribution in [1.82, 2.24) is 4.90 Å². The van der Waals surface area contributed by atoms with E-state index in [4.69, 9.17) is 4.74 Å². The number of esters is 1. The zero-order valence-corrected chi connectivity index (χ0v) is 13.4. The van der Waals surface area contributed by atoms with Crippen molar-refractivity contribution in [3.63, 3.8) is 0 Å². The molecule has 0 amide bonds. The third kappa shape index (κ3) is 4.67. The Balaban J connectivity index is 1.42. The summed E-state index contributed by atoms with van der Waals surface area (Å²) in [6.07, 6.45) is 1.78. The van der Waals surface area contributed by atoms with Crippen LogP contribution in [0.5, 0.6) is 0 Å². The highest BCUT2D eigenvalue weighted by molar-refractivity contribution is 5.72. The maximum absolute atomic E-state index is 12.2. The summed E-state index contributed by atoms with van der Waals surface area (Å²) in [5.74, 6) is -0.000972. The Labute approximate surface area is 137 Å². The molecule has 3 nitrogen and oxygen atoms in total. The predicted molar refractivity (Wildman–Crippen MR) is 90.7 cm³/mol. The molecule has 0 bridgehead atoms. The number of rotatable bonds is 5. The minimum Gasteiger partial charge on any atom is -0.461 e. The number of likely N-dealkylation sites (tertiary alicyclic amines) is 1. The van der Waals surface area contributed by atoms with Gasteiger partial charge in [-0.15, -0.1) is 0 Å².